The zero-order valence-electron chi connectivity index (χ0n) is 11.3. The highest BCUT2D eigenvalue weighted by Crippen LogP contribution is 2.12. The van der Waals surface area contributed by atoms with Crippen molar-refractivity contribution in [3.63, 3.8) is 0 Å². The number of ether oxygens (including phenoxy) is 1. The molecule has 3 nitrogen and oxygen atoms in total. The summed E-state index contributed by atoms with van der Waals surface area (Å²) < 4.78 is 18.9. The van der Waals surface area contributed by atoms with E-state index in [-0.39, 0.29) is 17.7 Å². The van der Waals surface area contributed by atoms with Crippen molar-refractivity contribution in [2.24, 2.45) is 0 Å². The number of hydrogen-bond acceptors (Lipinski definition) is 2. The van der Waals surface area contributed by atoms with E-state index < -0.39 is 11.8 Å². The monoisotopic (exact) mass is 286 g/mol. The Labute approximate surface area is 122 Å². The highest BCUT2D eigenvalue weighted by Gasteiger charge is 2.08. The second kappa shape index (κ2) is 7.36. The highest BCUT2D eigenvalue weighted by atomic mass is 19.1. The van der Waals surface area contributed by atoms with Crippen molar-refractivity contribution in [2.45, 2.75) is 6.61 Å². The van der Waals surface area contributed by atoms with Crippen LogP contribution in [0.1, 0.15) is 21.5 Å². The minimum Gasteiger partial charge on any atom is -0.478 e. The van der Waals surface area contributed by atoms with E-state index in [4.69, 9.17) is 9.84 Å². The quantitative estimate of drug-likeness (QED) is 0.823. The molecule has 0 heterocycles. The van der Waals surface area contributed by atoms with Gasteiger partial charge in [-0.15, -0.1) is 0 Å². The SMILES string of the molecule is O=C(O)c1ccc(F)c(COCC=Cc2ccccc2)c1. The molecule has 0 aromatic heterocycles. The molecular weight excluding hydrogens is 271 g/mol. The molecule has 0 atom stereocenters. The maximum absolute atomic E-state index is 13.5. The molecule has 0 unspecified atom stereocenters. The minimum absolute atomic E-state index is 0.0338. The molecule has 2 rings (SSSR count). The fourth-order valence-corrected chi connectivity index (χ4v) is 1.80. The first-order valence-electron chi connectivity index (χ1n) is 6.48. The highest BCUT2D eigenvalue weighted by molar-refractivity contribution is 5.87. The Hall–Kier alpha value is -2.46. The van der Waals surface area contributed by atoms with Crippen molar-refractivity contribution in [1.82, 2.24) is 0 Å². The Morgan fingerprint density at radius 1 is 1.19 bits per heavy atom. The summed E-state index contributed by atoms with van der Waals surface area (Å²) in [6.07, 6.45) is 3.73. The molecule has 2 aromatic carbocycles. The second-order valence-electron chi connectivity index (χ2n) is 4.44. The number of carboxylic acid groups (broad SMARTS) is 1. The first-order valence-corrected chi connectivity index (χ1v) is 6.48. The number of carbonyl (C=O) groups is 1. The zero-order chi connectivity index (χ0) is 15.1. The molecule has 0 amide bonds. The van der Waals surface area contributed by atoms with Crippen LogP contribution < -0.4 is 0 Å². The first-order chi connectivity index (χ1) is 10.2. The van der Waals surface area contributed by atoms with Gasteiger partial charge in [0.25, 0.3) is 0 Å². The summed E-state index contributed by atoms with van der Waals surface area (Å²) in [4.78, 5) is 10.8. The van der Waals surface area contributed by atoms with E-state index in [1.807, 2.05) is 42.5 Å². The summed E-state index contributed by atoms with van der Waals surface area (Å²) >= 11 is 0. The zero-order valence-corrected chi connectivity index (χ0v) is 11.3. The van der Waals surface area contributed by atoms with Gasteiger partial charge < -0.3 is 9.84 Å². The van der Waals surface area contributed by atoms with Crippen molar-refractivity contribution in [3.05, 3.63) is 77.1 Å². The van der Waals surface area contributed by atoms with Gasteiger partial charge in [-0.2, -0.15) is 0 Å². The van der Waals surface area contributed by atoms with Crippen LogP contribution in [-0.2, 0) is 11.3 Å². The van der Waals surface area contributed by atoms with Crippen molar-refractivity contribution in [1.29, 1.82) is 0 Å². The summed E-state index contributed by atoms with van der Waals surface area (Å²) in [5.41, 5.74) is 1.35. The molecule has 0 bridgehead atoms. The largest absolute Gasteiger partial charge is 0.478 e. The summed E-state index contributed by atoms with van der Waals surface area (Å²) in [6, 6.07) is 13.4. The molecule has 1 N–H and O–H groups in total. The topological polar surface area (TPSA) is 46.5 Å². The summed E-state index contributed by atoms with van der Waals surface area (Å²) in [6.45, 7) is 0.359. The van der Waals surface area contributed by atoms with Crippen LogP contribution in [0, 0.1) is 5.82 Å². The Morgan fingerprint density at radius 3 is 2.67 bits per heavy atom. The molecule has 0 aliphatic heterocycles. The van der Waals surface area contributed by atoms with Crippen molar-refractivity contribution in [2.75, 3.05) is 6.61 Å². The standard InChI is InChI=1S/C17H15FO3/c18-16-9-8-14(17(19)20)11-15(16)12-21-10-4-7-13-5-2-1-3-6-13/h1-9,11H,10,12H2,(H,19,20). The van der Waals surface area contributed by atoms with Crippen LogP contribution in [0.3, 0.4) is 0 Å². The third kappa shape index (κ3) is 4.54. The predicted octanol–water partition coefficient (Wildman–Crippen LogP) is 3.75. The second-order valence-corrected chi connectivity index (χ2v) is 4.44. The maximum atomic E-state index is 13.5. The van der Waals surface area contributed by atoms with Gasteiger partial charge in [0.1, 0.15) is 5.82 Å². The van der Waals surface area contributed by atoms with E-state index in [2.05, 4.69) is 0 Å². The molecule has 2 aromatic rings. The van der Waals surface area contributed by atoms with Crippen LogP contribution in [-0.4, -0.2) is 17.7 Å². The van der Waals surface area contributed by atoms with Crippen LogP contribution in [0.5, 0.6) is 0 Å². The first kappa shape index (κ1) is 14.9. The van der Waals surface area contributed by atoms with E-state index >= 15 is 0 Å². The Kier molecular flexibility index (Phi) is 5.23. The van der Waals surface area contributed by atoms with Crippen LogP contribution in [0.15, 0.2) is 54.6 Å². The van der Waals surface area contributed by atoms with E-state index in [1.165, 1.54) is 12.1 Å². The lowest BCUT2D eigenvalue weighted by molar-refractivity contribution is 0.0696. The van der Waals surface area contributed by atoms with Crippen LogP contribution in [0.4, 0.5) is 4.39 Å². The average molecular weight is 286 g/mol. The lowest BCUT2D eigenvalue weighted by Gasteiger charge is -2.04. The fraction of sp³-hybridized carbons (Fsp3) is 0.118. The van der Waals surface area contributed by atoms with Crippen LogP contribution in [0.25, 0.3) is 6.08 Å². The Balaban J connectivity index is 1.87. The molecule has 0 fully saturated rings. The fourth-order valence-electron chi connectivity index (χ4n) is 1.80. The third-order valence-corrected chi connectivity index (χ3v) is 2.87. The maximum Gasteiger partial charge on any atom is 0.335 e. The van der Waals surface area contributed by atoms with Gasteiger partial charge >= 0.3 is 5.97 Å². The van der Waals surface area contributed by atoms with Crippen LogP contribution in [0.2, 0.25) is 0 Å². The molecule has 4 heteroatoms. The van der Waals surface area contributed by atoms with Gasteiger partial charge in [0.15, 0.2) is 0 Å². The average Bonchev–Trinajstić information content (AvgIpc) is 2.49. The van der Waals surface area contributed by atoms with Gasteiger partial charge in [0.2, 0.25) is 0 Å². The lowest BCUT2D eigenvalue weighted by Crippen LogP contribution is -2.01. The number of halogens is 1. The van der Waals surface area contributed by atoms with Crippen molar-refractivity contribution >= 4 is 12.0 Å². The van der Waals surface area contributed by atoms with E-state index in [1.54, 1.807) is 0 Å². The molecule has 108 valence electrons. The van der Waals surface area contributed by atoms with E-state index in [0.717, 1.165) is 11.6 Å². The molecule has 0 saturated carbocycles. The molecule has 21 heavy (non-hydrogen) atoms. The number of carboxylic acids is 1. The van der Waals surface area contributed by atoms with Crippen molar-refractivity contribution in [3.8, 4) is 0 Å². The predicted molar refractivity (Wildman–Crippen MR) is 78.5 cm³/mol. The van der Waals surface area contributed by atoms with Gasteiger partial charge in [-0.05, 0) is 23.8 Å². The molecule has 0 saturated heterocycles. The van der Waals surface area contributed by atoms with Gasteiger partial charge in [0, 0.05) is 5.56 Å². The van der Waals surface area contributed by atoms with Gasteiger partial charge in [-0.1, -0.05) is 42.5 Å². The minimum atomic E-state index is -1.08. The summed E-state index contributed by atoms with van der Waals surface area (Å²) in [5.74, 6) is -1.55. The smallest absolute Gasteiger partial charge is 0.335 e. The van der Waals surface area contributed by atoms with E-state index in [9.17, 15) is 9.18 Å². The van der Waals surface area contributed by atoms with Gasteiger partial charge in [-0.25, -0.2) is 9.18 Å². The molecule has 0 spiro atoms. The summed E-state index contributed by atoms with van der Waals surface area (Å²) in [7, 11) is 0. The third-order valence-electron chi connectivity index (χ3n) is 2.87. The Morgan fingerprint density at radius 2 is 1.95 bits per heavy atom. The molecule has 0 aliphatic carbocycles. The van der Waals surface area contributed by atoms with Gasteiger partial charge in [0.05, 0.1) is 18.8 Å². The number of hydrogen-bond donors (Lipinski definition) is 1. The number of aromatic carboxylic acids is 1. The summed E-state index contributed by atoms with van der Waals surface area (Å²) in [5, 5.41) is 8.86. The normalized spacial score (nSPS) is 10.9. The number of rotatable bonds is 6. The Bertz CT molecular complexity index is 636. The van der Waals surface area contributed by atoms with Crippen LogP contribution >= 0.6 is 0 Å². The van der Waals surface area contributed by atoms with E-state index in [0.29, 0.717) is 6.61 Å². The van der Waals surface area contributed by atoms with Crippen molar-refractivity contribution < 1.29 is 19.0 Å². The lowest BCUT2D eigenvalue weighted by atomic mass is 10.1. The molecular formula is C17H15FO3. The van der Waals surface area contributed by atoms with Gasteiger partial charge in [-0.3, -0.25) is 0 Å². The molecule has 0 radical (unpaired) electrons. The molecule has 0 aliphatic rings. The number of benzene rings is 2.